The van der Waals surface area contributed by atoms with Gasteiger partial charge in [0, 0.05) is 11.6 Å². The zero-order chi connectivity index (χ0) is 15.2. The van der Waals surface area contributed by atoms with E-state index < -0.39 is 6.61 Å². The number of rotatable bonds is 4. The number of benzene rings is 1. The number of ether oxygens (including phenoxy) is 1. The third-order valence-electron chi connectivity index (χ3n) is 3.59. The van der Waals surface area contributed by atoms with Crippen molar-refractivity contribution < 1.29 is 18.3 Å². The van der Waals surface area contributed by atoms with E-state index in [4.69, 9.17) is 11.6 Å². The molecule has 0 spiro atoms. The van der Waals surface area contributed by atoms with Crippen molar-refractivity contribution in [2.24, 2.45) is 0 Å². The molecule has 0 aliphatic heterocycles. The number of nitrogens with one attached hydrogen (secondary N) is 1. The van der Waals surface area contributed by atoms with Gasteiger partial charge in [-0.1, -0.05) is 19.3 Å². The van der Waals surface area contributed by atoms with E-state index in [0.717, 1.165) is 32.1 Å². The maximum atomic E-state index is 12.1. The lowest BCUT2D eigenvalue weighted by Gasteiger charge is -2.21. The third-order valence-corrected chi connectivity index (χ3v) is 4.11. The van der Waals surface area contributed by atoms with Crippen LogP contribution in [0.25, 0.3) is 0 Å². The molecule has 0 saturated heterocycles. The monoisotopic (exact) mass is 317 g/mol. The molecule has 0 heterocycles. The summed E-state index contributed by atoms with van der Waals surface area (Å²) in [5.41, 5.74) is 0.407. The molecule has 1 aliphatic rings. The summed E-state index contributed by atoms with van der Waals surface area (Å²) in [5.74, 6) is -0.206. The van der Waals surface area contributed by atoms with Gasteiger partial charge < -0.3 is 10.1 Å². The fraction of sp³-hybridized carbons (Fsp3) is 0.533. The highest BCUT2D eigenvalue weighted by atomic mass is 35.5. The molecule has 0 bridgehead atoms. The second-order valence-electron chi connectivity index (χ2n) is 5.14. The summed E-state index contributed by atoms with van der Waals surface area (Å²) in [7, 11) is 0. The average molecular weight is 318 g/mol. The predicted molar refractivity (Wildman–Crippen MR) is 77.1 cm³/mol. The minimum Gasteiger partial charge on any atom is -0.435 e. The van der Waals surface area contributed by atoms with E-state index in [1.807, 2.05) is 0 Å². The lowest BCUT2D eigenvalue weighted by Crippen LogP contribution is -2.40. The van der Waals surface area contributed by atoms with Gasteiger partial charge >= 0.3 is 6.61 Å². The normalized spacial score (nSPS) is 22.7. The maximum absolute atomic E-state index is 12.1. The van der Waals surface area contributed by atoms with E-state index in [1.54, 1.807) is 0 Å². The highest BCUT2D eigenvalue weighted by molar-refractivity contribution is 6.21. The van der Waals surface area contributed by atoms with Crippen LogP contribution in [0, 0.1) is 0 Å². The fourth-order valence-electron chi connectivity index (χ4n) is 2.46. The molecule has 2 unspecified atom stereocenters. The summed E-state index contributed by atoms with van der Waals surface area (Å²) in [6.07, 6.45) is 5.03. The minimum atomic E-state index is -2.87. The van der Waals surface area contributed by atoms with Gasteiger partial charge in [0.2, 0.25) is 0 Å². The van der Waals surface area contributed by atoms with Crippen LogP contribution in [-0.2, 0) is 0 Å². The Morgan fingerprint density at radius 2 is 1.86 bits per heavy atom. The Labute approximate surface area is 127 Å². The summed E-state index contributed by atoms with van der Waals surface area (Å²) in [4.78, 5) is 12.1. The number of halogens is 3. The smallest absolute Gasteiger partial charge is 0.387 e. The summed E-state index contributed by atoms with van der Waals surface area (Å²) in [6.45, 7) is -2.87. The van der Waals surface area contributed by atoms with Crippen molar-refractivity contribution in [3.8, 4) is 5.75 Å². The largest absolute Gasteiger partial charge is 0.435 e. The van der Waals surface area contributed by atoms with Crippen LogP contribution in [0.4, 0.5) is 8.78 Å². The van der Waals surface area contributed by atoms with Crippen LogP contribution in [-0.4, -0.2) is 23.9 Å². The van der Waals surface area contributed by atoms with Gasteiger partial charge in [-0.2, -0.15) is 8.78 Å². The van der Waals surface area contributed by atoms with Crippen molar-refractivity contribution in [1.82, 2.24) is 5.32 Å². The van der Waals surface area contributed by atoms with Crippen LogP contribution in [0.5, 0.6) is 5.75 Å². The van der Waals surface area contributed by atoms with Crippen LogP contribution in [0.3, 0.4) is 0 Å². The van der Waals surface area contributed by atoms with E-state index in [9.17, 15) is 13.6 Å². The third kappa shape index (κ3) is 4.84. The lowest BCUT2D eigenvalue weighted by atomic mass is 10.1. The number of carbonyl (C=O) groups is 1. The molecule has 1 aromatic carbocycles. The first-order chi connectivity index (χ1) is 10.1. The van der Waals surface area contributed by atoms with E-state index >= 15 is 0 Å². The van der Waals surface area contributed by atoms with Gasteiger partial charge in [-0.15, -0.1) is 11.6 Å². The first-order valence-electron chi connectivity index (χ1n) is 7.06. The first kappa shape index (κ1) is 16.0. The molecule has 0 aromatic heterocycles. The second-order valence-corrected chi connectivity index (χ2v) is 5.70. The predicted octanol–water partition coefficient (Wildman–Crippen LogP) is 3.96. The Bertz CT molecular complexity index is 467. The zero-order valence-electron chi connectivity index (χ0n) is 11.5. The lowest BCUT2D eigenvalue weighted by molar-refractivity contribution is -0.0498. The average Bonchev–Trinajstić information content (AvgIpc) is 2.64. The molecule has 1 aromatic rings. The van der Waals surface area contributed by atoms with Crippen molar-refractivity contribution in [2.75, 3.05) is 0 Å². The molecule has 21 heavy (non-hydrogen) atoms. The standard InChI is InChI=1S/C15H18ClF2NO2/c16-12-4-2-1-3-5-13(12)19-14(20)10-6-8-11(9-7-10)21-15(17)18/h6-9,12-13,15H,1-5H2,(H,19,20). The summed E-state index contributed by atoms with van der Waals surface area (Å²) in [5, 5.41) is 2.87. The van der Waals surface area contributed by atoms with Crippen LogP contribution in [0.2, 0.25) is 0 Å². The number of amides is 1. The molecular formula is C15H18ClF2NO2. The number of alkyl halides is 3. The molecule has 3 nitrogen and oxygen atoms in total. The topological polar surface area (TPSA) is 38.3 Å². The molecule has 1 amide bonds. The van der Waals surface area contributed by atoms with Crippen molar-refractivity contribution in [3.63, 3.8) is 0 Å². The molecule has 1 fully saturated rings. The van der Waals surface area contributed by atoms with Gasteiger partial charge in [-0.25, -0.2) is 0 Å². The number of hydrogen-bond acceptors (Lipinski definition) is 2. The molecule has 2 atom stereocenters. The molecule has 6 heteroatoms. The van der Waals surface area contributed by atoms with E-state index in [1.165, 1.54) is 24.3 Å². The first-order valence-corrected chi connectivity index (χ1v) is 7.49. The van der Waals surface area contributed by atoms with Crippen molar-refractivity contribution in [1.29, 1.82) is 0 Å². The Kier molecular flexibility index (Phi) is 5.79. The Balaban J connectivity index is 1.96. The molecule has 1 saturated carbocycles. The molecule has 1 N–H and O–H groups in total. The van der Waals surface area contributed by atoms with E-state index in [-0.39, 0.29) is 23.1 Å². The Hall–Kier alpha value is -1.36. The van der Waals surface area contributed by atoms with Gasteiger partial charge in [0.15, 0.2) is 0 Å². The molecule has 116 valence electrons. The highest BCUT2D eigenvalue weighted by Gasteiger charge is 2.23. The van der Waals surface area contributed by atoms with Crippen molar-refractivity contribution in [3.05, 3.63) is 29.8 Å². The SMILES string of the molecule is O=C(NC1CCCCCC1Cl)c1ccc(OC(F)F)cc1. The second kappa shape index (κ2) is 7.59. The maximum Gasteiger partial charge on any atom is 0.387 e. The van der Waals surface area contributed by atoms with Crippen LogP contribution >= 0.6 is 11.6 Å². The number of hydrogen-bond donors (Lipinski definition) is 1. The Morgan fingerprint density at radius 3 is 2.52 bits per heavy atom. The fourth-order valence-corrected chi connectivity index (χ4v) is 2.81. The van der Waals surface area contributed by atoms with Gasteiger partial charge in [0.25, 0.3) is 5.91 Å². The molecule has 1 aliphatic carbocycles. The van der Waals surface area contributed by atoms with E-state index in [0.29, 0.717) is 5.56 Å². The van der Waals surface area contributed by atoms with Gasteiger partial charge in [0.1, 0.15) is 5.75 Å². The van der Waals surface area contributed by atoms with Crippen LogP contribution in [0.1, 0.15) is 42.5 Å². The van der Waals surface area contributed by atoms with Gasteiger partial charge in [0.05, 0.1) is 5.38 Å². The van der Waals surface area contributed by atoms with Crippen LogP contribution < -0.4 is 10.1 Å². The quantitative estimate of drug-likeness (QED) is 0.674. The molecule has 2 rings (SSSR count). The molecular weight excluding hydrogens is 300 g/mol. The van der Waals surface area contributed by atoms with Gasteiger partial charge in [-0.05, 0) is 37.1 Å². The summed E-state index contributed by atoms with van der Waals surface area (Å²) < 4.78 is 28.4. The van der Waals surface area contributed by atoms with Crippen LogP contribution in [0.15, 0.2) is 24.3 Å². The minimum absolute atomic E-state index is 0.0336. The molecule has 0 radical (unpaired) electrons. The van der Waals surface area contributed by atoms with Crippen molar-refractivity contribution in [2.45, 2.75) is 50.1 Å². The van der Waals surface area contributed by atoms with E-state index in [2.05, 4.69) is 10.1 Å². The number of carbonyl (C=O) groups excluding carboxylic acids is 1. The van der Waals surface area contributed by atoms with Gasteiger partial charge in [-0.3, -0.25) is 4.79 Å². The summed E-state index contributed by atoms with van der Waals surface area (Å²) in [6, 6.07) is 5.59. The highest BCUT2D eigenvalue weighted by Crippen LogP contribution is 2.23. The van der Waals surface area contributed by atoms with Crippen molar-refractivity contribution >= 4 is 17.5 Å². The summed E-state index contributed by atoms with van der Waals surface area (Å²) >= 11 is 6.28. The Morgan fingerprint density at radius 1 is 1.19 bits per heavy atom. The zero-order valence-corrected chi connectivity index (χ0v) is 12.3.